The van der Waals surface area contributed by atoms with Crippen molar-refractivity contribution in [1.82, 2.24) is 4.90 Å². The number of sulfone groups is 1. The summed E-state index contributed by atoms with van der Waals surface area (Å²) in [5.41, 5.74) is 4.91. The van der Waals surface area contributed by atoms with Gasteiger partial charge in [-0.3, -0.25) is 0 Å². The van der Waals surface area contributed by atoms with Crippen molar-refractivity contribution in [1.29, 1.82) is 0 Å². The maximum atomic E-state index is 11.8. The van der Waals surface area contributed by atoms with E-state index in [1.807, 2.05) is 0 Å². The molecule has 0 saturated carbocycles. The SMILES string of the molecule is CC(C)(C)OC(=O)N1CCS(=O)(=O)CC1CN. The van der Waals surface area contributed by atoms with Crippen LogP contribution >= 0.6 is 0 Å². The number of nitrogens with zero attached hydrogens (tertiary/aromatic N) is 1. The highest BCUT2D eigenvalue weighted by atomic mass is 32.2. The lowest BCUT2D eigenvalue weighted by Crippen LogP contribution is -2.55. The Morgan fingerprint density at radius 1 is 1.47 bits per heavy atom. The van der Waals surface area contributed by atoms with E-state index >= 15 is 0 Å². The third-order valence-corrected chi connectivity index (χ3v) is 4.13. The monoisotopic (exact) mass is 264 g/mol. The summed E-state index contributed by atoms with van der Waals surface area (Å²) in [4.78, 5) is 13.3. The molecule has 1 atom stereocenters. The Kier molecular flexibility index (Phi) is 4.03. The molecule has 1 fully saturated rings. The fraction of sp³-hybridized carbons (Fsp3) is 0.900. The van der Waals surface area contributed by atoms with Gasteiger partial charge in [-0.15, -0.1) is 0 Å². The summed E-state index contributed by atoms with van der Waals surface area (Å²) in [7, 11) is -3.08. The molecule has 7 heteroatoms. The zero-order valence-corrected chi connectivity index (χ0v) is 11.3. The van der Waals surface area contributed by atoms with Gasteiger partial charge in [0, 0.05) is 13.1 Å². The molecular formula is C10H20N2O4S. The van der Waals surface area contributed by atoms with Gasteiger partial charge in [-0.1, -0.05) is 0 Å². The molecule has 0 spiro atoms. The molecule has 1 amide bonds. The van der Waals surface area contributed by atoms with Crippen molar-refractivity contribution < 1.29 is 17.9 Å². The molecule has 1 unspecified atom stereocenters. The van der Waals surface area contributed by atoms with Crippen molar-refractivity contribution in [2.24, 2.45) is 5.73 Å². The van der Waals surface area contributed by atoms with Gasteiger partial charge in [-0.25, -0.2) is 13.2 Å². The molecule has 0 aliphatic carbocycles. The van der Waals surface area contributed by atoms with Crippen molar-refractivity contribution in [2.75, 3.05) is 24.6 Å². The minimum Gasteiger partial charge on any atom is -0.444 e. The number of carbonyl (C=O) groups is 1. The Morgan fingerprint density at radius 2 is 2.06 bits per heavy atom. The quantitative estimate of drug-likeness (QED) is 0.719. The van der Waals surface area contributed by atoms with E-state index in [0.29, 0.717) is 0 Å². The highest BCUT2D eigenvalue weighted by Gasteiger charge is 2.35. The van der Waals surface area contributed by atoms with E-state index in [9.17, 15) is 13.2 Å². The molecule has 0 bridgehead atoms. The van der Waals surface area contributed by atoms with Crippen LogP contribution in [-0.4, -0.2) is 55.6 Å². The first kappa shape index (κ1) is 14.2. The molecule has 100 valence electrons. The van der Waals surface area contributed by atoms with E-state index in [2.05, 4.69) is 0 Å². The van der Waals surface area contributed by atoms with Crippen LogP contribution in [0.5, 0.6) is 0 Å². The van der Waals surface area contributed by atoms with E-state index in [1.54, 1.807) is 20.8 Å². The van der Waals surface area contributed by atoms with Crippen LogP contribution in [0.2, 0.25) is 0 Å². The molecule has 1 aliphatic rings. The molecule has 1 heterocycles. The number of hydrogen-bond donors (Lipinski definition) is 1. The second-order valence-corrected chi connectivity index (χ2v) is 7.41. The van der Waals surface area contributed by atoms with Crippen LogP contribution in [0.1, 0.15) is 20.8 Å². The average Bonchev–Trinajstić information content (AvgIpc) is 2.13. The van der Waals surface area contributed by atoms with E-state index in [4.69, 9.17) is 10.5 Å². The lowest BCUT2D eigenvalue weighted by atomic mass is 10.2. The number of hydrogen-bond acceptors (Lipinski definition) is 5. The second kappa shape index (κ2) is 4.81. The average molecular weight is 264 g/mol. The molecule has 1 saturated heterocycles. The number of rotatable bonds is 1. The van der Waals surface area contributed by atoms with Crippen LogP contribution < -0.4 is 5.73 Å². The Balaban J connectivity index is 2.74. The molecule has 17 heavy (non-hydrogen) atoms. The van der Waals surface area contributed by atoms with Crippen LogP contribution in [0.3, 0.4) is 0 Å². The molecule has 0 aromatic heterocycles. The first-order valence-electron chi connectivity index (χ1n) is 5.55. The predicted molar refractivity (Wildman–Crippen MR) is 64.4 cm³/mol. The van der Waals surface area contributed by atoms with Crippen LogP contribution in [0, 0.1) is 0 Å². The van der Waals surface area contributed by atoms with Gasteiger partial charge in [0.15, 0.2) is 9.84 Å². The van der Waals surface area contributed by atoms with Gasteiger partial charge in [-0.05, 0) is 20.8 Å². The van der Waals surface area contributed by atoms with E-state index in [0.717, 1.165) is 0 Å². The highest BCUT2D eigenvalue weighted by Crippen LogP contribution is 2.16. The van der Waals surface area contributed by atoms with Crippen LogP contribution in [0.4, 0.5) is 4.79 Å². The molecule has 0 radical (unpaired) electrons. The third kappa shape index (κ3) is 4.16. The zero-order chi connectivity index (χ0) is 13.3. The van der Waals surface area contributed by atoms with Crippen molar-refractivity contribution in [3.05, 3.63) is 0 Å². The number of carbonyl (C=O) groups excluding carboxylic acids is 1. The Bertz CT molecular complexity index is 386. The maximum Gasteiger partial charge on any atom is 0.410 e. The standard InChI is InChI=1S/C10H20N2O4S/c1-10(2,3)16-9(13)12-4-5-17(14,15)7-8(12)6-11/h8H,4-7,11H2,1-3H3. The van der Waals surface area contributed by atoms with Gasteiger partial charge in [-0.2, -0.15) is 0 Å². The second-order valence-electron chi connectivity index (χ2n) is 5.18. The fourth-order valence-electron chi connectivity index (χ4n) is 1.64. The Hall–Kier alpha value is -0.820. The van der Waals surface area contributed by atoms with Crippen LogP contribution in [0.15, 0.2) is 0 Å². The van der Waals surface area contributed by atoms with Crippen molar-refractivity contribution in [3.8, 4) is 0 Å². The van der Waals surface area contributed by atoms with Crippen molar-refractivity contribution in [2.45, 2.75) is 32.4 Å². The van der Waals surface area contributed by atoms with Crippen LogP contribution in [0.25, 0.3) is 0 Å². The minimum absolute atomic E-state index is 0.0251. The molecule has 0 aromatic carbocycles. The molecule has 1 aliphatic heterocycles. The molecule has 1 rings (SSSR count). The smallest absolute Gasteiger partial charge is 0.410 e. The van der Waals surface area contributed by atoms with E-state index in [1.165, 1.54) is 4.90 Å². The summed E-state index contributed by atoms with van der Waals surface area (Å²) >= 11 is 0. The normalized spacial score (nSPS) is 24.5. The maximum absolute atomic E-state index is 11.8. The van der Waals surface area contributed by atoms with E-state index in [-0.39, 0.29) is 24.6 Å². The van der Waals surface area contributed by atoms with Crippen molar-refractivity contribution in [3.63, 3.8) is 0 Å². The Morgan fingerprint density at radius 3 is 2.53 bits per heavy atom. The molecule has 6 nitrogen and oxygen atoms in total. The lowest BCUT2D eigenvalue weighted by molar-refractivity contribution is 0.0191. The topological polar surface area (TPSA) is 89.7 Å². The number of nitrogens with two attached hydrogens (primary N) is 1. The largest absolute Gasteiger partial charge is 0.444 e. The summed E-state index contributed by atoms with van der Waals surface area (Å²) in [5.74, 6) is -0.106. The lowest BCUT2D eigenvalue weighted by Gasteiger charge is -2.35. The summed E-state index contributed by atoms with van der Waals surface area (Å²) < 4.78 is 28.1. The van der Waals surface area contributed by atoms with Gasteiger partial charge < -0.3 is 15.4 Å². The van der Waals surface area contributed by atoms with Gasteiger partial charge in [0.2, 0.25) is 0 Å². The molecule has 0 aromatic rings. The fourth-order valence-corrected chi connectivity index (χ4v) is 3.19. The number of amides is 1. The first-order valence-corrected chi connectivity index (χ1v) is 7.37. The van der Waals surface area contributed by atoms with Crippen molar-refractivity contribution >= 4 is 15.9 Å². The number of ether oxygens (including phenoxy) is 1. The highest BCUT2D eigenvalue weighted by molar-refractivity contribution is 7.91. The van der Waals surface area contributed by atoms with Crippen LogP contribution in [-0.2, 0) is 14.6 Å². The molecule has 2 N–H and O–H groups in total. The van der Waals surface area contributed by atoms with Gasteiger partial charge in [0.05, 0.1) is 17.5 Å². The Labute approximate surface area is 102 Å². The molecular weight excluding hydrogens is 244 g/mol. The third-order valence-electron chi connectivity index (χ3n) is 2.43. The van der Waals surface area contributed by atoms with Gasteiger partial charge in [0.1, 0.15) is 5.60 Å². The predicted octanol–water partition coefficient (Wildman–Crippen LogP) is -0.0208. The summed E-state index contributed by atoms with van der Waals surface area (Å²) in [6.45, 7) is 5.58. The van der Waals surface area contributed by atoms with Gasteiger partial charge >= 0.3 is 6.09 Å². The van der Waals surface area contributed by atoms with Gasteiger partial charge in [0.25, 0.3) is 0 Å². The minimum atomic E-state index is -3.08. The summed E-state index contributed by atoms with van der Waals surface area (Å²) in [6.07, 6.45) is -0.497. The summed E-state index contributed by atoms with van der Waals surface area (Å²) in [5, 5.41) is 0. The first-order chi connectivity index (χ1) is 7.64. The van der Waals surface area contributed by atoms with E-state index < -0.39 is 27.6 Å². The zero-order valence-electron chi connectivity index (χ0n) is 10.5. The summed E-state index contributed by atoms with van der Waals surface area (Å²) in [6, 6.07) is -0.483.